The number of hydrogen-bond donors (Lipinski definition) is 0. The van der Waals surface area contributed by atoms with Crippen molar-refractivity contribution in [3.05, 3.63) is 41.0 Å². The first-order chi connectivity index (χ1) is 7.65. The molecule has 0 saturated heterocycles. The van der Waals surface area contributed by atoms with Crippen LogP contribution >= 0.6 is 0 Å². The Bertz CT molecular complexity index is 448. The molecule has 0 fully saturated rings. The molecule has 1 N–H and O–H groups in total. The van der Waals surface area contributed by atoms with Crippen molar-refractivity contribution in [2.45, 2.75) is 26.2 Å². The number of amides is 1. The Morgan fingerprint density at radius 3 is 2.75 bits per heavy atom. The molecule has 0 spiro atoms. The topological polar surface area (TPSA) is 40.9 Å². The lowest BCUT2D eigenvalue weighted by Crippen LogP contribution is -2.22. The van der Waals surface area contributed by atoms with E-state index in [-0.39, 0.29) is 11.8 Å². The van der Waals surface area contributed by atoms with E-state index >= 15 is 0 Å². The largest absolute Gasteiger partial charge is 0.273 e. The van der Waals surface area contributed by atoms with Crippen LogP contribution in [-0.4, -0.2) is 5.91 Å². The summed E-state index contributed by atoms with van der Waals surface area (Å²) in [5.74, 6) is -0.525. The zero-order valence-corrected chi connectivity index (χ0v) is 9.66. The normalized spacial score (nSPS) is 20.1. The summed E-state index contributed by atoms with van der Waals surface area (Å²) in [6.45, 7) is 4.03. The molecule has 0 bridgehead atoms. The number of benzene rings is 1. The molecule has 0 saturated carbocycles. The van der Waals surface area contributed by atoms with Crippen LogP contribution in [0.25, 0.3) is 6.08 Å². The fourth-order valence-corrected chi connectivity index (χ4v) is 2.61. The lowest BCUT2D eigenvalue weighted by atomic mass is 9.82. The molecule has 1 amide bonds. The highest BCUT2D eigenvalue weighted by Crippen LogP contribution is 2.41. The van der Waals surface area contributed by atoms with Crippen molar-refractivity contribution < 1.29 is 4.79 Å². The van der Waals surface area contributed by atoms with Gasteiger partial charge in [-0.3, -0.25) is 10.5 Å². The third kappa shape index (κ3) is 1.64. The van der Waals surface area contributed by atoms with Gasteiger partial charge in [0.25, 0.3) is 0 Å². The molecule has 1 radical (unpaired) electrons. The predicted octanol–water partition coefficient (Wildman–Crippen LogP) is 3.02. The fraction of sp³-hybridized carbons (Fsp3) is 0.357. The summed E-state index contributed by atoms with van der Waals surface area (Å²) in [5, 5.41) is 0. The van der Waals surface area contributed by atoms with E-state index in [2.05, 4.69) is 25.1 Å². The fourth-order valence-electron chi connectivity index (χ4n) is 2.61. The van der Waals surface area contributed by atoms with Crippen LogP contribution in [0.3, 0.4) is 0 Å². The highest BCUT2D eigenvalue weighted by molar-refractivity contribution is 5.80. The van der Waals surface area contributed by atoms with Gasteiger partial charge in [-0.15, -0.1) is 0 Å². The smallest absolute Gasteiger partial charge is 0.242 e. The Morgan fingerprint density at radius 2 is 2.12 bits per heavy atom. The number of fused-ring (bicyclic) bond motifs is 1. The molecule has 1 aliphatic carbocycles. The van der Waals surface area contributed by atoms with Gasteiger partial charge in [0.15, 0.2) is 0 Å². The molecule has 1 aliphatic rings. The zero-order valence-electron chi connectivity index (χ0n) is 9.66. The van der Waals surface area contributed by atoms with E-state index in [0.29, 0.717) is 0 Å². The van der Waals surface area contributed by atoms with Crippen molar-refractivity contribution in [2.24, 2.45) is 5.92 Å². The van der Waals surface area contributed by atoms with Gasteiger partial charge >= 0.3 is 0 Å². The van der Waals surface area contributed by atoms with E-state index in [1.54, 1.807) is 0 Å². The summed E-state index contributed by atoms with van der Waals surface area (Å²) < 4.78 is 0. The van der Waals surface area contributed by atoms with E-state index in [4.69, 9.17) is 5.73 Å². The standard InChI is InChI=1S/C14H16NO/c1-3-11(14(15)16)13-9(2)8-10-6-4-5-7-12(10)13/h4-8,11,13,15H,3H2,1-2H3. The van der Waals surface area contributed by atoms with E-state index in [1.807, 2.05) is 19.1 Å². The van der Waals surface area contributed by atoms with Crippen molar-refractivity contribution in [1.82, 2.24) is 5.73 Å². The molecule has 0 heterocycles. The van der Waals surface area contributed by atoms with E-state index < -0.39 is 5.91 Å². The minimum Gasteiger partial charge on any atom is -0.273 e. The number of hydrogen-bond acceptors (Lipinski definition) is 1. The van der Waals surface area contributed by atoms with Gasteiger partial charge in [-0.1, -0.05) is 42.8 Å². The van der Waals surface area contributed by atoms with Crippen molar-refractivity contribution in [3.8, 4) is 0 Å². The maximum absolute atomic E-state index is 11.4. The summed E-state index contributed by atoms with van der Waals surface area (Å²) in [6, 6.07) is 8.15. The Kier molecular flexibility index (Phi) is 2.82. The Balaban J connectivity index is 2.43. The third-order valence-corrected chi connectivity index (χ3v) is 3.38. The van der Waals surface area contributed by atoms with Crippen molar-refractivity contribution in [2.75, 3.05) is 0 Å². The molecule has 1 aromatic carbocycles. The average molecular weight is 214 g/mol. The maximum Gasteiger partial charge on any atom is 0.242 e. The van der Waals surface area contributed by atoms with Crippen LogP contribution in [0.2, 0.25) is 0 Å². The van der Waals surface area contributed by atoms with Gasteiger partial charge in [-0.2, -0.15) is 0 Å². The molecule has 0 aromatic heterocycles. The predicted molar refractivity (Wildman–Crippen MR) is 64.7 cm³/mol. The average Bonchev–Trinajstić information content (AvgIpc) is 2.57. The molecule has 0 aliphatic heterocycles. The first kappa shape index (κ1) is 10.9. The number of carbonyl (C=O) groups excluding carboxylic acids is 1. The second-order valence-electron chi connectivity index (χ2n) is 4.37. The van der Waals surface area contributed by atoms with Gasteiger partial charge < -0.3 is 0 Å². The highest BCUT2D eigenvalue weighted by Gasteiger charge is 2.32. The third-order valence-electron chi connectivity index (χ3n) is 3.38. The van der Waals surface area contributed by atoms with Crippen LogP contribution in [0.4, 0.5) is 0 Å². The first-order valence-electron chi connectivity index (χ1n) is 5.67. The maximum atomic E-state index is 11.4. The van der Waals surface area contributed by atoms with Crippen LogP contribution in [0, 0.1) is 5.92 Å². The summed E-state index contributed by atoms with van der Waals surface area (Å²) in [6.07, 6.45) is 2.86. The quantitative estimate of drug-likeness (QED) is 0.762. The van der Waals surface area contributed by atoms with Crippen LogP contribution in [0.1, 0.15) is 37.3 Å². The van der Waals surface area contributed by atoms with Crippen LogP contribution in [-0.2, 0) is 4.79 Å². The minimum absolute atomic E-state index is 0.117. The lowest BCUT2D eigenvalue weighted by Gasteiger charge is -2.21. The van der Waals surface area contributed by atoms with E-state index in [9.17, 15) is 4.79 Å². The van der Waals surface area contributed by atoms with Crippen molar-refractivity contribution in [3.63, 3.8) is 0 Å². The Hall–Kier alpha value is -1.57. The van der Waals surface area contributed by atoms with Gasteiger partial charge in [0.05, 0.1) is 5.92 Å². The van der Waals surface area contributed by atoms with Gasteiger partial charge in [-0.05, 0) is 24.5 Å². The van der Waals surface area contributed by atoms with E-state index in [0.717, 1.165) is 6.42 Å². The Labute approximate surface area is 96.2 Å². The molecule has 2 unspecified atom stereocenters. The number of carbonyl (C=O) groups is 1. The lowest BCUT2D eigenvalue weighted by molar-refractivity contribution is -0.122. The second-order valence-corrected chi connectivity index (χ2v) is 4.37. The summed E-state index contributed by atoms with van der Waals surface area (Å²) >= 11 is 0. The molecule has 2 atom stereocenters. The van der Waals surface area contributed by atoms with Crippen molar-refractivity contribution >= 4 is 12.0 Å². The number of allylic oxidation sites excluding steroid dienone is 1. The number of rotatable bonds is 3. The molecule has 16 heavy (non-hydrogen) atoms. The minimum atomic E-state index is -0.447. The monoisotopic (exact) mass is 214 g/mol. The molecular weight excluding hydrogens is 198 g/mol. The summed E-state index contributed by atoms with van der Waals surface area (Å²) in [4.78, 5) is 11.4. The second kappa shape index (κ2) is 4.12. The molecule has 2 heteroatoms. The van der Waals surface area contributed by atoms with Crippen molar-refractivity contribution in [1.29, 1.82) is 0 Å². The van der Waals surface area contributed by atoms with Crippen LogP contribution in [0.15, 0.2) is 29.8 Å². The molecule has 83 valence electrons. The number of nitrogens with one attached hydrogen (secondary N) is 1. The highest BCUT2D eigenvalue weighted by atomic mass is 16.1. The van der Waals surface area contributed by atoms with Gasteiger partial charge in [0.1, 0.15) is 0 Å². The van der Waals surface area contributed by atoms with Crippen LogP contribution in [0.5, 0.6) is 0 Å². The van der Waals surface area contributed by atoms with Gasteiger partial charge in [0, 0.05) is 5.92 Å². The molecule has 1 aromatic rings. The zero-order chi connectivity index (χ0) is 11.7. The molecular formula is C14H16NO. The molecule has 2 nitrogen and oxygen atoms in total. The van der Waals surface area contributed by atoms with Gasteiger partial charge in [0.2, 0.25) is 5.91 Å². The molecule has 2 rings (SSSR count). The first-order valence-corrected chi connectivity index (χ1v) is 5.67. The van der Waals surface area contributed by atoms with Crippen LogP contribution < -0.4 is 5.73 Å². The SMILES string of the molecule is CCC(C([NH])=O)C1C(C)=Cc2ccccc21. The Morgan fingerprint density at radius 1 is 1.44 bits per heavy atom. The summed E-state index contributed by atoms with van der Waals surface area (Å²) in [5.41, 5.74) is 11.0. The van der Waals surface area contributed by atoms with Gasteiger partial charge in [-0.25, -0.2) is 0 Å². The summed E-state index contributed by atoms with van der Waals surface area (Å²) in [7, 11) is 0. The van der Waals surface area contributed by atoms with E-state index in [1.165, 1.54) is 16.7 Å².